The Kier molecular flexibility index (Phi) is 51.7. The van der Waals surface area contributed by atoms with Crippen LogP contribution in [0.5, 0.6) is 0 Å². The first-order valence-electron chi connectivity index (χ1n) is 28.9. The van der Waals surface area contributed by atoms with Gasteiger partial charge in [0, 0.05) is 0 Å². The van der Waals surface area contributed by atoms with Gasteiger partial charge >= 0.3 is 0 Å². The highest BCUT2D eigenvalue weighted by molar-refractivity contribution is 5.80. The molecule has 0 aromatic heterocycles. The maximum Gasteiger partial charge on any atom is 0.249 e. The lowest BCUT2D eigenvalue weighted by Crippen LogP contribution is -2.53. The van der Waals surface area contributed by atoms with Crippen molar-refractivity contribution in [1.82, 2.24) is 5.32 Å². The number of carbonyl (C=O) groups excluding carboxylic acids is 1. The van der Waals surface area contributed by atoms with Gasteiger partial charge in [0.2, 0.25) is 5.91 Å². The topological polar surface area (TPSA) is 110 Å². The molecular formula is C57H115NO5. The highest BCUT2D eigenvalue weighted by Crippen LogP contribution is 2.19. The zero-order valence-electron chi connectivity index (χ0n) is 42.9. The number of aliphatic hydroxyl groups is 4. The molecule has 0 aliphatic heterocycles. The van der Waals surface area contributed by atoms with E-state index < -0.39 is 36.9 Å². The maximum atomic E-state index is 12.6. The molecule has 0 aliphatic rings. The fourth-order valence-corrected chi connectivity index (χ4v) is 9.53. The summed E-state index contributed by atoms with van der Waals surface area (Å²) in [5, 5.41) is 44.1. The molecule has 0 aromatic rings. The van der Waals surface area contributed by atoms with Gasteiger partial charge < -0.3 is 25.7 Å². The Morgan fingerprint density at radius 3 is 0.762 bits per heavy atom. The van der Waals surface area contributed by atoms with Gasteiger partial charge in [-0.2, -0.15) is 0 Å². The van der Waals surface area contributed by atoms with Crippen molar-refractivity contribution < 1.29 is 25.2 Å². The molecule has 0 spiro atoms. The van der Waals surface area contributed by atoms with Gasteiger partial charge in [-0.05, 0) is 12.8 Å². The van der Waals surface area contributed by atoms with E-state index in [1.54, 1.807) is 0 Å². The Bertz CT molecular complexity index is 871. The highest BCUT2D eigenvalue weighted by atomic mass is 16.3. The summed E-state index contributed by atoms with van der Waals surface area (Å²) in [6.07, 6.45) is 60.3. The second-order valence-electron chi connectivity index (χ2n) is 20.4. The second kappa shape index (κ2) is 52.3. The van der Waals surface area contributed by atoms with E-state index in [9.17, 15) is 25.2 Å². The minimum Gasteiger partial charge on any atom is -0.394 e. The Morgan fingerprint density at radius 1 is 0.333 bits per heavy atom. The molecule has 6 nitrogen and oxygen atoms in total. The molecule has 0 heterocycles. The van der Waals surface area contributed by atoms with Crippen molar-refractivity contribution in [2.75, 3.05) is 6.61 Å². The third kappa shape index (κ3) is 46.2. The van der Waals surface area contributed by atoms with Crippen LogP contribution in [0.1, 0.15) is 328 Å². The van der Waals surface area contributed by atoms with Gasteiger partial charge in [-0.3, -0.25) is 4.79 Å². The first kappa shape index (κ1) is 62.3. The molecule has 0 aliphatic carbocycles. The lowest BCUT2D eigenvalue weighted by atomic mass is 9.99. The van der Waals surface area contributed by atoms with Gasteiger partial charge in [0.25, 0.3) is 0 Å². The van der Waals surface area contributed by atoms with E-state index >= 15 is 0 Å². The van der Waals surface area contributed by atoms with Crippen molar-refractivity contribution in [3.63, 3.8) is 0 Å². The van der Waals surface area contributed by atoms with Gasteiger partial charge in [-0.15, -0.1) is 0 Å². The Hall–Kier alpha value is -0.690. The van der Waals surface area contributed by atoms with Crippen molar-refractivity contribution in [2.45, 2.75) is 353 Å². The number of rotatable bonds is 54. The summed E-state index contributed by atoms with van der Waals surface area (Å²) < 4.78 is 0. The molecule has 4 atom stereocenters. The summed E-state index contributed by atoms with van der Waals surface area (Å²) >= 11 is 0. The molecule has 0 bridgehead atoms. The summed E-state index contributed by atoms with van der Waals surface area (Å²) in [5.74, 6) is -0.575. The lowest BCUT2D eigenvalue weighted by Gasteiger charge is -2.27. The number of unbranched alkanes of at least 4 members (excludes halogenated alkanes) is 45. The van der Waals surface area contributed by atoms with Gasteiger partial charge in [-0.1, -0.05) is 316 Å². The Labute approximate surface area is 394 Å². The molecule has 63 heavy (non-hydrogen) atoms. The normalized spacial score (nSPS) is 13.7. The number of carbonyl (C=O) groups is 1. The van der Waals surface area contributed by atoms with Crippen molar-refractivity contribution in [1.29, 1.82) is 0 Å². The Morgan fingerprint density at radius 2 is 0.540 bits per heavy atom. The predicted molar refractivity (Wildman–Crippen MR) is 275 cm³/mol. The van der Waals surface area contributed by atoms with E-state index in [0.29, 0.717) is 12.8 Å². The molecule has 0 fully saturated rings. The van der Waals surface area contributed by atoms with Crippen LogP contribution in [0.15, 0.2) is 0 Å². The standard InChI is InChI=1S/C57H115NO5/c1-3-5-7-9-11-13-15-17-19-21-23-25-27-28-29-31-33-35-37-39-41-43-45-47-49-51-55(61)57(63)58-53(52-59)56(62)54(60)50-48-46-44-42-40-38-36-34-32-30-26-24-22-20-18-16-14-12-10-8-6-4-2/h53-56,59-62H,3-52H2,1-2H3,(H,58,63). The fraction of sp³-hybridized carbons (Fsp3) is 0.982. The maximum absolute atomic E-state index is 12.6. The molecule has 0 rings (SSSR count). The van der Waals surface area contributed by atoms with Crippen LogP contribution in [-0.2, 0) is 4.79 Å². The summed E-state index contributed by atoms with van der Waals surface area (Å²) in [5.41, 5.74) is 0. The van der Waals surface area contributed by atoms with E-state index in [-0.39, 0.29) is 0 Å². The van der Waals surface area contributed by atoms with Gasteiger partial charge in [0.05, 0.1) is 18.8 Å². The average molecular weight is 895 g/mol. The zero-order chi connectivity index (χ0) is 45.9. The summed E-state index contributed by atoms with van der Waals surface area (Å²) in [6.45, 7) is 4.10. The third-order valence-electron chi connectivity index (χ3n) is 14.1. The van der Waals surface area contributed by atoms with Crippen molar-refractivity contribution in [3.05, 3.63) is 0 Å². The molecule has 1 amide bonds. The molecule has 0 saturated carbocycles. The molecular weight excluding hydrogens is 779 g/mol. The Balaban J connectivity index is 3.58. The molecule has 0 radical (unpaired) electrons. The second-order valence-corrected chi connectivity index (χ2v) is 20.4. The van der Waals surface area contributed by atoms with Crippen molar-refractivity contribution >= 4 is 5.91 Å². The molecule has 0 saturated heterocycles. The zero-order valence-corrected chi connectivity index (χ0v) is 42.9. The van der Waals surface area contributed by atoms with Crippen LogP contribution < -0.4 is 5.32 Å². The molecule has 378 valence electrons. The minimum absolute atomic E-state index is 0.376. The quantitative estimate of drug-likeness (QED) is 0.0391. The molecule has 5 N–H and O–H groups in total. The predicted octanol–water partition coefficient (Wildman–Crippen LogP) is 16.7. The van der Waals surface area contributed by atoms with Crippen molar-refractivity contribution in [3.8, 4) is 0 Å². The van der Waals surface area contributed by atoms with Crippen molar-refractivity contribution in [2.24, 2.45) is 0 Å². The summed E-state index contributed by atoms with van der Waals surface area (Å²) in [7, 11) is 0. The largest absolute Gasteiger partial charge is 0.394 e. The third-order valence-corrected chi connectivity index (χ3v) is 14.1. The lowest BCUT2D eigenvalue weighted by molar-refractivity contribution is -0.132. The monoisotopic (exact) mass is 894 g/mol. The SMILES string of the molecule is CCCCCCCCCCCCCCCCCCCCCCCCCCCC(O)C(=O)NC(CO)C(O)C(O)CCCCCCCCCCCCCCCCCCCCCCCC. The van der Waals surface area contributed by atoms with E-state index in [1.165, 1.54) is 263 Å². The minimum atomic E-state index is -1.25. The number of amides is 1. The van der Waals surface area contributed by atoms with Crippen LogP contribution in [-0.4, -0.2) is 57.3 Å². The smallest absolute Gasteiger partial charge is 0.249 e. The van der Waals surface area contributed by atoms with E-state index in [2.05, 4.69) is 19.2 Å². The first-order chi connectivity index (χ1) is 31.0. The van der Waals surface area contributed by atoms with Gasteiger partial charge in [0.15, 0.2) is 0 Å². The summed E-state index contributed by atoms with van der Waals surface area (Å²) in [4.78, 5) is 12.6. The molecule has 0 aromatic carbocycles. The number of nitrogens with one attached hydrogen (secondary N) is 1. The molecule has 4 unspecified atom stereocenters. The van der Waals surface area contributed by atoms with E-state index in [1.807, 2.05) is 0 Å². The number of hydrogen-bond donors (Lipinski definition) is 5. The number of hydrogen-bond acceptors (Lipinski definition) is 5. The van der Waals surface area contributed by atoms with Crippen LogP contribution in [0.25, 0.3) is 0 Å². The van der Waals surface area contributed by atoms with Gasteiger partial charge in [-0.25, -0.2) is 0 Å². The highest BCUT2D eigenvalue weighted by Gasteiger charge is 2.28. The first-order valence-corrected chi connectivity index (χ1v) is 28.9. The molecule has 6 heteroatoms. The van der Waals surface area contributed by atoms with Crippen LogP contribution in [0.3, 0.4) is 0 Å². The fourth-order valence-electron chi connectivity index (χ4n) is 9.53. The van der Waals surface area contributed by atoms with E-state index in [0.717, 1.165) is 38.5 Å². The number of aliphatic hydroxyl groups excluding tert-OH is 4. The van der Waals surface area contributed by atoms with Crippen LogP contribution in [0, 0.1) is 0 Å². The van der Waals surface area contributed by atoms with Crippen LogP contribution >= 0.6 is 0 Å². The van der Waals surface area contributed by atoms with E-state index in [4.69, 9.17) is 0 Å². The summed E-state index contributed by atoms with van der Waals surface area (Å²) in [6, 6.07) is -0.981. The van der Waals surface area contributed by atoms with Crippen LogP contribution in [0.2, 0.25) is 0 Å². The van der Waals surface area contributed by atoms with Gasteiger partial charge in [0.1, 0.15) is 12.2 Å². The van der Waals surface area contributed by atoms with Crippen LogP contribution in [0.4, 0.5) is 0 Å². The average Bonchev–Trinajstić information content (AvgIpc) is 3.29.